The molecule has 0 saturated heterocycles. The quantitative estimate of drug-likeness (QED) is 0.766. The number of para-hydroxylation sites is 2. The molecule has 0 aliphatic rings. The maximum atomic E-state index is 14.0. The van der Waals surface area contributed by atoms with Crippen molar-refractivity contribution in [2.24, 2.45) is 0 Å². The molecule has 0 bridgehead atoms. The number of anilines is 3. The number of hydrogen-bond acceptors (Lipinski definition) is 4. The van der Waals surface area contributed by atoms with E-state index in [0.29, 0.717) is 17.5 Å². The van der Waals surface area contributed by atoms with Crippen LogP contribution in [0.5, 0.6) is 0 Å². The van der Waals surface area contributed by atoms with Gasteiger partial charge in [-0.1, -0.05) is 24.3 Å². The van der Waals surface area contributed by atoms with E-state index in [2.05, 4.69) is 20.6 Å². The normalized spacial score (nSPS) is 10.6. The van der Waals surface area contributed by atoms with E-state index in [1.165, 1.54) is 6.07 Å². The number of halogens is 1. The predicted octanol–water partition coefficient (Wildman–Crippen LogP) is 3.86. The van der Waals surface area contributed by atoms with Crippen LogP contribution in [0, 0.1) is 12.7 Å². The van der Waals surface area contributed by atoms with Crippen molar-refractivity contribution in [1.29, 1.82) is 0 Å². The van der Waals surface area contributed by atoms with Crippen LogP contribution in [-0.2, 0) is 0 Å². The molecule has 2 aromatic carbocycles. The summed E-state index contributed by atoms with van der Waals surface area (Å²) in [6.07, 6.45) is 0. The van der Waals surface area contributed by atoms with E-state index in [0.717, 1.165) is 16.5 Å². The van der Waals surface area contributed by atoms with Gasteiger partial charge in [0.2, 0.25) is 5.95 Å². The van der Waals surface area contributed by atoms with Gasteiger partial charge in [-0.3, -0.25) is 0 Å². The molecule has 2 N–H and O–H groups in total. The number of fused-ring (bicyclic) bond motifs is 1. The summed E-state index contributed by atoms with van der Waals surface area (Å²) in [5, 5.41) is 6.86. The summed E-state index contributed by atoms with van der Waals surface area (Å²) in [6, 6.07) is 12.6. The summed E-state index contributed by atoms with van der Waals surface area (Å²) >= 11 is 0. The van der Waals surface area contributed by atoms with Gasteiger partial charge in [-0.2, -0.15) is 4.98 Å². The van der Waals surface area contributed by atoms with Crippen molar-refractivity contribution in [2.45, 2.75) is 6.92 Å². The van der Waals surface area contributed by atoms with Crippen LogP contribution >= 0.6 is 0 Å². The van der Waals surface area contributed by atoms with Crippen LogP contribution in [0.25, 0.3) is 10.9 Å². The third-order valence-corrected chi connectivity index (χ3v) is 3.29. The molecule has 1 heterocycles. The van der Waals surface area contributed by atoms with Gasteiger partial charge in [0, 0.05) is 12.4 Å². The summed E-state index contributed by atoms with van der Waals surface area (Å²) in [4.78, 5) is 8.78. The predicted molar refractivity (Wildman–Crippen MR) is 83.5 cm³/mol. The smallest absolute Gasteiger partial charge is 0.224 e. The molecule has 0 radical (unpaired) electrons. The molecule has 0 aliphatic heterocycles. The summed E-state index contributed by atoms with van der Waals surface area (Å²) in [5.74, 6) is 0.770. The summed E-state index contributed by atoms with van der Waals surface area (Å²) in [7, 11) is 1.75. The molecular formula is C16H15FN4. The van der Waals surface area contributed by atoms with Gasteiger partial charge in [-0.15, -0.1) is 0 Å². The lowest BCUT2D eigenvalue weighted by Crippen LogP contribution is -2.03. The highest BCUT2D eigenvalue weighted by atomic mass is 19.1. The van der Waals surface area contributed by atoms with Crippen LogP contribution in [0.4, 0.5) is 21.8 Å². The van der Waals surface area contributed by atoms with Gasteiger partial charge in [0.25, 0.3) is 0 Å². The van der Waals surface area contributed by atoms with E-state index >= 15 is 0 Å². The molecule has 21 heavy (non-hydrogen) atoms. The first-order valence-electron chi connectivity index (χ1n) is 6.65. The van der Waals surface area contributed by atoms with Gasteiger partial charge >= 0.3 is 0 Å². The number of aryl methyl sites for hydroxylation is 1. The fourth-order valence-electron chi connectivity index (χ4n) is 2.19. The van der Waals surface area contributed by atoms with Crippen LogP contribution in [0.2, 0.25) is 0 Å². The van der Waals surface area contributed by atoms with Crippen molar-refractivity contribution in [3.05, 3.63) is 53.8 Å². The van der Waals surface area contributed by atoms with Crippen LogP contribution in [-0.4, -0.2) is 17.0 Å². The van der Waals surface area contributed by atoms with E-state index < -0.39 is 0 Å². The number of nitrogens with zero attached hydrogens (tertiary/aromatic N) is 2. The highest BCUT2D eigenvalue weighted by molar-refractivity contribution is 5.92. The zero-order valence-electron chi connectivity index (χ0n) is 11.8. The molecular weight excluding hydrogens is 267 g/mol. The fourth-order valence-corrected chi connectivity index (χ4v) is 2.19. The molecule has 4 nitrogen and oxygen atoms in total. The number of aromatic nitrogens is 2. The second kappa shape index (κ2) is 5.36. The Morgan fingerprint density at radius 3 is 2.57 bits per heavy atom. The van der Waals surface area contributed by atoms with Crippen molar-refractivity contribution in [3.63, 3.8) is 0 Å². The summed E-state index contributed by atoms with van der Waals surface area (Å²) in [6.45, 7) is 1.85. The van der Waals surface area contributed by atoms with E-state index in [1.54, 1.807) is 13.1 Å². The maximum Gasteiger partial charge on any atom is 0.224 e. The first-order valence-corrected chi connectivity index (χ1v) is 6.65. The van der Waals surface area contributed by atoms with Gasteiger partial charge in [-0.25, -0.2) is 9.37 Å². The van der Waals surface area contributed by atoms with Crippen molar-refractivity contribution < 1.29 is 4.39 Å². The minimum Gasteiger partial charge on any atom is -0.357 e. The van der Waals surface area contributed by atoms with Crippen molar-refractivity contribution in [3.8, 4) is 0 Å². The van der Waals surface area contributed by atoms with Gasteiger partial charge in [-0.05, 0) is 30.7 Å². The molecule has 0 amide bonds. The van der Waals surface area contributed by atoms with Gasteiger partial charge < -0.3 is 10.6 Å². The Bertz CT molecular complexity index is 781. The molecule has 106 valence electrons. The number of rotatable bonds is 3. The first-order chi connectivity index (χ1) is 10.2. The lowest BCUT2D eigenvalue weighted by molar-refractivity contribution is 0.631. The fraction of sp³-hybridized carbons (Fsp3) is 0.125. The van der Waals surface area contributed by atoms with Crippen molar-refractivity contribution in [2.75, 3.05) is 17.7 Å². The van der Waals surface area contributed by atoms with E-state index in [9.17, 15) is 4.39 Å². The van der Waals surface area contributed by atoms with Crippen molar-refractivity contribution in [1.82, 2.24) is 9.97 Å². The molecule has 5 heteroatoms. The second-order valence-electron chi connectivity index (χ2n) is 4.72. The monoisotopic (exact) mass is 282 g/mol. The number of nitrogens with one attached hydrogen (secondary N) is 2. The average Bonchev–Trinajstić information content (AvgIpc) is 2.50. The Balaban J connectivity index is 2.16. The Hall–Kier alpha value is -2.69. The second-order valence-corrected chi connectivity index (χ2v) is 4.72. The number of hydrogen-bond donors (Lipinski definition) is 2. The zero-order chi connectivity index (χ0) is 14.8. The lowest BCUT2D eigenvalue weighted by Gasteiger charge is -2.13. The molecule has 0 aliphatic carbocycles. The standard InChI is InChI=1S/C16H15FN4/c1-10-6-5-8-12(17)14(10)20-15-11-7-3-4-9-13(11)19-16(18-2)21-15/h3-9H,1-2H3,(H2,18,19,20,21). The average molecular weight is 282 g/mol. The third-order valence-electron chi connectivity index (χ3n) is 3.29. The third kappa shape index (κ3) is 2.50. The summed E-state index contributed by atoms with van der Waals surface area (Å²) < 4.78 is 14.0. The minimum absolute atomic E-state index is 0.302. The first kappa shape index (κ1) is 13.3. The largest absolute Gasteiger partial charge is 0.357 e. The molecule has 3 rings (SSSR count). The Kier molecular flexibility index (Phi) is 3.39. The van der Waals surface area contributed by atoms with Crippen LogP contribution in [0.1, 0.15) is 5.56 Å². The van der Waals surface area contributed by atoms with Crippen molar-refractivity contribution >= 4 is 28.4 Å². The summed E-state index contributed by atoms with van der Waals surface area (Å²) in [5.41, 5.74) is 2.06. The molecule has 1 aromatic heterocycles. The highest BCUT2D eigenvalue weighted by Gasteiger charge is 2.11. The van der Waals surface area contributed by atoms with Gasteiger partial charge in [0.05, 0.1) is 11.2 Å². The SMILES string of the molecule is CNc1nc(Nc2c(C)cccc2F)c2ccccc2n1. The number of benzene rings is 2. The van der Waals surface area contributed by atoms with Crippen LogP contribution in [0.3, 0.4) is 0 Å². The van der Waals surface area contributed by atoms with Gasteiger partial charge in [0.1, 0.15) is 11.6 Å². The molecule has 0 saturated carbocycles. The Morgan fingerprint density at radius 2 is 1.81 bits per heavy atom. The Morgan fingerprint density at radius 1 is 1.00 bits per heavy atom. The maximum absolute atomic E-state index is 14.0. The minimum atomic E-state index is -0.302. The molecule has 3 aromatic rings. The van der Waals surface area contributed by atoms with E-state index in [4.69, 9.17) is 0 Å². The van der Waals surface area contributed by atoms with Crippen LogP contribution in [0.15, 0.2) is 42.5 Å². The zero-order valence-corrected chi connectivity index (χ0v) is 11.8. The molecule has 0 atom stereocenters. The van der Waals surface area contributed by atoms with E-state index in [1.807, 2.05) is 37.3 Å². The topological polar surface area (TPSA) is 49.8 Å². The highest BCUT2D eigenvalue weighted by Crippen LogP contribution is 2.28. The molecule has 0 spiro atoms. The molecule has 0 unspecified atom stereocenters. The Labute approximate surface area is 122 Å². The van der Waals surface area contributed by atoms with Crippen LogP contribution < -0.4 is 10.6 Å². The van der Waals surface area contributed by atoms with Gasteiger partial charge in [0.15, 0.2) is 0 Å². The molecule has 0 fully saturated rings. The lowest BCUT2D eigenvalue weighted by atomic mass is 10.2. The van der Waals surface area contributed by atoms with E-state index in [-0.39, 0.29) is 5.82 Å².